The summed E-state index contributed by atoms with van der Waals surface area (Å²) >= 11 is 17.7. The van der Waals surface area contributed by atoms with E-state index in [-0.39, 0.29) is 10.8 Å². The molecule has 2 aromatic rings. The van der Waals surface area contributed by atoms with Crippen LogP contribution in [0.4, 0.5) is 5.82 Å². The van der Waals surface area contributed by atoms with Gasteiger partial charge in [0, 0.05) is 13.1 Å². The van der Waals surface area contributed by atoms with Gasteiger partial charge in [-0.3, -0.25) is 14.3 Å². The van der Waals surface area contributed by atoms with E-state index >= 15 is 0 Å². The predicted octanol–water partition coefficient (Wildman–Crippen LogP) is 3.42. The second-order valence-corrected chi connectivity index (χ2v) is 5.50. The smallest absolute Gasteiger partial charge is 0.292 e. The molecule has 0 fully saturated rings. The molecule has 1 aromatic carbocycles. The number of carbonyl (C=O) groups excluding carboxylic acids is 2. The number of nitrogens with zero attached hydrogens (tertiary/aromatic N) is 2. The van der Waals surface area contributed by atoms with Crippen molar-refractivity contribution in [1.29, 1.82) is 0 Å². The summed E-state index contributed by atoms with van der Waals surface area (Å²) in [4.78, 5) is 22.2. The Kier molecular flexibility index (Phi) is 4.88. The van der Waals surface area contributed by atoms with Crippen LogP contribution in [-0.4, -0.2) is 21.5 Å². The number of hydrogen-bond acceptors (Lipinski definition) is 3. The molecule has 1 amide bonds. The second-order valence-electron chi connectivity index (χ2n) is 4.28. The number of Topliss-reactive ketones (excluding diaryl/α,β-unsaturated/α-hetero) is 1. The van der Waals surface area contributed by atoms with Gasteiger partial charge in [0.1, 0.15) is 5.02 Å². The lowest BCUT2D eigenvalue weighted by atomic mass is 10.2. The average Bonchev–Trinajstić information content (AvgIpc) is 2.74. The monoisotopic (exact) mass is 345 g/mol. The van der Waals surface area contributed by atoms with Crippen molar-refractivity contribution >= 4 is 52.3 Å². The maximum Gasteiger partial charge on any atom is 0.292 e. The first-order valence-corrected chi connectivity index (χ1v) is 6.99. The van der Waals surface area contributed by atoms with Crippen LogP contribution < -0.4 is 5.32 Å². The lowest BCUT2D eigenvalue weighted by Gasteiger charge is -2.03. The molecule has 0 aliphatic rings. The highest BCUT2D eigenvalue weighted by Gasteiger charge is 2.14. The standard InChI is InChI=1S/C13H10Cl3N3O2/c1-7(20)13(21)17-12-11(16)6-19(18-12)5-8-2-3-9(14)10(15)4-8/h2-4,6H,5H2,1H3,(H,17,18,21). The predicted molar refractivity (Wildman–Crippen MR) is 82.1 cm³/mol. The molecule has 1 aromatic heterocycles. The van der Waals surface area contributed by atoms with Crippen molar-refractivity contribution in [2.24, 2.45) is 0 Å². The minimum absolute atomic E-state index is 0.136. The van der Waals surface area contributed by atoms with Crippen molar-refractivity contribution in [3.63, 3.8) is 0 Å². The fourth-order valence-corrected chi connectivity index (χ4v) is 2.10. The Labute approximate surface area is 135 Å². The van der Waals surface area contributed by atoms with Gasteiger partial charge in [0.05, 0.1) is 16.6 Å². The number of halogens is 3. The van der Waals surface area contributed by atoms with E-state index in [2.05, 4.69) is 10.4 Å². The number of rotatable bonds is 4. The van der Waals surface area contributed by atoms with Gasteiger partial charge in [-0.1, -0.05) is 40.9 Å². The minimum atomic E-state index is -0.767. The van der Waals surface area contributed by atoms with Gasteiger partial charge >= 0.3 is 0 Å². The van der Waals surface area contributed by atoms with Crippen LogP contribution in [0.3, 0.4) is 0 Å². The zero-order valence-corrected chi connectivity index (χ0v) is 13.1. The van der Waals surface area contributed by atoms with Gasteiger partial charge < -0.3 is 5.32 Å². The lowest BCUT2D eigenvalue weighted by molar-refractivity contribution is -0.133. The Bertz CT molecular complexity index is 713. The van der Waals surface area contributed by atoms with Gasteiger partial charge in [0.2, 0.25) is 5.78 Å². The van der Waals surface area contributed by atoms with Gasteiger partial charge in [0.15, 0.2) is 5.82 Å². The zero-order valence-electron chi connectivity index (χ0n) is 10.9. The van der Waals surface area contributed by atoms with Crippen molar-refractivity contribution in [1.82, 2.24) is 9.78 Å². The van der Waals surface area contributed by atoms with E-state index in [0.717, 1.165) is 12.5 Å². The summed E-state index contributed by atoms with van der Waals surface area (Å²) in [6.45, 7) is 1.56. The Morgan fingerprint density at radius 1 is 1.19 bits per heavy atom. The third-order valence-electron chi connectivity index (χ3n) is 2.60. The number of hydrogen-bond donors (Lipinski definition) is 1. The molecule has 21 heavy (non-hydrogen) atoms. The van der Waals surface area contributed by atoms with Gasteiger partial charge in [-0.15, -0.1) is 0 Å². The Morgan fingerprint density at radius 3 is 2.52 bits per heavy atom. The van der Waals surface area contributed by atoms with Crippen molar-refractivity contribution in [2.45, 2.75) is 13.5 Å². The second kappa shape index (κ2) is 6.47. The van der Waals surface area contributed by atoms with Crippen LogP contribution in [0, 0.1) is 0 Å². The fourth-order valence-electron chi connectivity index (χ4n) is 1.58. The highest BCUT2D eigenvalue weighted by molar-refractivity contribution is 6.42. The molecule has 0 saturated heterocycles. The highest BCUT2D eigenvalue weighted by Crippen LogP contribution is 2.24. The van der Waals surface area contributed by atoms with Gasteiger partial charge in [-0.05, 0) is 17.7 Å². The molecule has 0 aliphatic heterocycles. The molecule has 110 valence electrons. The fraction of sp³-hybridized carbons (Fsp3) is 0.154. The molecular weight excluding hydrogens is 337 g/mol. The van der Waals surface area contributed by atoms with Crippen molar-refractivity contribution in [3.05, 3.63) is 45.0 Å². The summed E-state index contributed by atoms with van der Waals surface area (Å²) in [7, 11) is 0. The SMILES string of the molecule is CC(=O)C(=O)Nc1nn(Cc2ccc(Cl)c(Cl)c2)cc1Cl. The van der Waals surface area contributed by atoms with E-state index in [0.29, 0.717) is 16.6 Å². The van der Waals surface area contributed by atoms with Gasteiger partial charge in [0.25, 0.3) is 5.91 Å². The number of nitrogens with one attached hydrogen (secondary N) is 1. The summed E-state index contributed by atoms with van der Waals surface area (Å²) in [5, 5.41) is 7.59. The number of carbonyl (C=O) groups is 2. The summed E-state index contributed by atoms with van der Waals surface area (Å²) < 4.78 is 1.53. The number of ketones is 1. The lowest BCUT2D eigenvalue weighted by Crippen LogP contribution is -2.20. The quantitative estimate of drug-likeness (QED) is 0.863. The largest absolute Gasteiger partial charge is 0.301 e. The van der Waals surface area contributed by atoms with Crippen LogP contribution in [-0.2, 0) is 16.1 Å². The molecule has 1 N–H and O–H groups in total. The molecule has 8 heteroatoms. The maximum atomic E-state index is 11.3. The van der Waals surface area contributed by atoms with Crippen molar-refractivity contribution in [3.8, 4) is 0 Å². The van der Waals surface area contributed by atoms with Gasteiger partial charge in [-0.25, -0.2) is 0 Å². The molecule has 0 bridgehead atoms. The van der Waals surface area contributed by atoms with Crippen molar-refractivity contribution in [2.75, 3.05) is 5.32 Å². The van der Waals surface area contributed by atoms with Crippen molar-refractivity contribution < 1.29 is 9.59 Å². The van der Waals surface area contributed by atoms with E-state index in [1.54, 1.807) is 24.4 Å². The summed E-state index contributed by atoms with van der Waals surface area (Å²) in [6, 6.07) is 5.20. The van der Waals surface area contributed by atoms with Crippen LogP contribution in [0.15, 0.2) is 24.4 Å². The maximum absolute atomic E-state index is 11.3. The first-order valence-electron chi connectivity index (χ1n) is 5.85. The topological polar surface area (TPSA) is 64.0 Å². The Balaban J connectivity index is 2.16. The zero-order chi connectivity index (χ0) is 15.6. The first kappa shape index (κ1) is 15.8. The Morgan fingerprint density at radius 2 is 1.90 bits per heavy atom. The van der Waals surface area contributed by atoms with Crippen LogP contribution in [0.5, 0.6) is 0 Å². The minimum Gasteiger partial charge on any atom is -0.301 e. The van der Waals surface area contributed by atoms with E-state index in [9.17, 15) is 9.59 Å². The Hall–Kier alpha value is -1.56. The summed E-state index contributed by atoms with van der Waals surface area (Å²) in [5.41, 5.74) is 0.869. The number of benzene rings is 1. The molecule has 0 radical (unpaired) electrons. The van der Waals surface area contributed by atoms with E-state index < -0.39 is 11.7 Å². The number of aromatic nitrogens is 2. The summed E-state index contributed by atoms with van der Waals surface area (Å²) in [6.07, 6.45) is 1.54. The van der Waals surface area contributed by atoms with Gasteiger partial charge in [-0.2, -0.15) is 5.10 Å². The normalized spacial score (nSPS) is 10.5. The molecule has 5 nitrogen and oxygen atoms in total. The van der Waals surface area contributed by atoms with E-state index in [1.807, 2.05) is 0 Å². The average molecular weight is 347 g/mol. The molecule has 0 spiro atoms. The first-order chi connectivity index (χ1) is 9.86. The molecular formula is C13H10Cl3N3O2. The number of anilines is 1. The molecule has 0 unspecified atom stereocenters. The molecule has 0 atom stereocenters. The third-order valence-corrected chi connectivity index (χ3v) is 3.61. The van der Waals surface area contributed by atoms with Crippen LogP contribution in [0.25, 0.3) is 0 Å². The highest BCUT2D eigenvalue weighted by atomic mass is 35.5. The summed E-state index contributed by atoms with van der Waals surface area (Å²) in [5.74, 6) is -1.25. The van der Waals surface area contributed by atoms with Crippen LogP contribution >= 0.6 is 34.8 Å². The third kappa shape index (κ3) is 3.97. The van der Waals surface area contributed by atoms with E-state index in [1.165, 1.54) is 4.68 Å². The molecule has 2 rings (SSSR count). The molecule has 0 aliphatic carbocycles. The van der Waals surface area contributed by atoms with E-state index in [4.69, 9.17) is 34.8 Å². The molecule has 0 saturated carbocycles. The van der Waals surface area contributed by atoms with Crippen LogP contribution in [0.1, 0.15) is 12.5 Å². The van der Waals surface area contributed by atoms with Crippen LogP contribution in [0.2, 0.25) is 15.1 Å². The number of amides is 1. The molecule has 1 heterocycles.